The zero-order chi connectivity index (χ0) is 58.9. The fraction of sp³-hybridized carbons (Fsp3) is 0.617. The number of aliphatic imine (C=N–C) groups is 1. The summed E-state index contributed by atoms with van der Waals surface area (Å²) < 4.78 is 0. The zero-order valence-electron chi connectivity index (χ0n) is 43.7. The van der Waals surface area contributed by atoms with E-state index in [1.54, 1.807) is 30.3 Å². The van der Waals surface area contributed by atoms with Gasteiger partial charge in [-0.05, 0) is 89.8 Å². The number of hydrogen-bond donors (Lipinski definition) is 19. The minimum Gasteiger partial charge on any atom is -0.480 e. The molecule has 0 spiro atoms. The van der Waals surface area contributed by atoms with Gasteiger partial charge in [-0.2, -0.15) is 25.3 Å². The van der Waals surface area contributed by atoms with E-state index in [-0.39, 0.29) is 76.3 Å². The summed E-state index contributed by atoms with van der Waals surface area (Å²) in [5.41, 5.74) is 39.2. The molecule has 0 fully saturated rings. The smallest absolute Gasteiger partial charge is 0.326 e. The molecule has 0 saturated carbocycles. The van der Waals surface area contributed by atoms with Crippen LogP contribution in [-0.2, 0) is 59.2 Å². The molecule has 0 aliphatic heterocycles. The van der Waals surface area contributed by atoms with Crippen LogP contribution < -0.4 is 82.7 Å². The molecule has 0 aromatic heterocycles. The molecule has 438 valence electrons. The molecule has 1 aromatic rings. The van der Waals surface area contributed by atoms with Crippen LogP contribution in [0, 0.1) is 0 Å². The van der Waals surface area contributed by atoms with Gasteiger partial charge in [0.15, 0.2) is 5.96 Å². The summed E-state index contributed by atoms with van der Waals surface area (Å²) in [5, 5.41) is 40.3. The lowest BCUT2D eigenvalue weighted by molar-refractivity contribution is -0.142. The first kappa shape index (κ1) is 69.2. The van der Waals surface area contributed by atoms with Crippen molar-refractivity contribution in [1.82, 2.24) is 42.5 Å². The molecule has 0 bridgehead atoms. The van der Waals surface area contributed by atoms with Crippen LogP contribution in [0.4, 0.5) is 0 Å². The lowest BCUT2D eigenvalue weighted by Crippen LogP contribution is -2.62. The Hall–Kier alpha value is -6.80. The highest BCUT2D eigenvalue weighted by Gasteiger charge is 2.36. The number of primary amides is 2. The molecule has 0 heterocycles. The molecule has 0 aliphatic rings. The summed E-state index contributed by atoms with van der Waals surface area (Å²) in [6.45, 7) is 1.60. The topological polar surface area (TPSA) is 519 Å². The first-order chi connectivity index (χ1) is 36.9. The molecule has 78 heavy (non-hydrogen) atoms. The molecule has 29 nitrogen and oxygen atoms in total. The number of carbonyl (C=O) groups is 11. The minimum atomic E-state index is -1.78. The van der Waals surface area contributed by atoms with Gasteiger partial charge in [-0.25, -0.2) is 4.79 Å². The largest absolute Gasteiger partial charge is 0.480 e. The Kier molecular flexibility index (Phi) is 33.6. The van der Waals surface area contributed by atoms with E-state index in [2.05, 4.69) is 72.8 Å². The van der Waals surface area contributed by atoms with Crippen molar-refractivity contribution < 1.29 is 63.0 Å². The standard InChI is InChI=1S/C47H80N16O13S2/c1-25(64)37(63-42(71)29(13-6-8-20-49)58-43(72)33(23-77)61-38(67)27(50)15-17-35(51)65)45(74)62-34(24-78)44(73)59-31(16-18-36(52)66)41(70)57-30(14-9-21-55-47(53)54)39(68)56-28(12-5-7-19-48)40(69)60-32(46(75)76)22-26-10-3-2-4-11-26/h2-4,10-11,25,27-34,37,64,77-78H,5-9,12-24,48-50H2,1H3,(H2,51,65)(H2,52,66)(H,56,68)(H,57,70)(H,58,72)(H,59,73)(H,60,69)(H,61,67)(H,62,74)(H,63,71)(H,75,76)(H4,53,54,55)/t25-,27+,28+,29+,30+,31+,32+,33+,34+,37+/m1/s1. The predicted molar refractivity (Wildman–Crippen MR) is 293 cm³/mol. The maximum absolute atomic E-state index is 14.1. The maximum Gasteiger partial charge on any atom is 0.326 e. The van der Waals surface area contributed by atoms with Crippen molar-refractivity contribution in [3.8, 4) is 0 Å². The summed E-state index contributed by atoms with van der Waals surface area (Å²) >= 11 is 8.31. The van der Waals surface area contributed by atoms with E-state index in [1.165, 1.54) is 0 Å². The molecule has 0 aliphatic carbocycles. The van der Waals surface area contributed by atoms with Crippen LogP contribution in [0.2, 0.25) is 0 Å². The Morgan fingerprint density at radius 1 is 0.513 bits per heavy atom. The predicted octanol–water partition coefficient (Wildman–Crippen LogP) is -6.40. The molecule has 24 N–H and O–H groups in total. The van der Waals surface area contributed by atoms with Crippen LogP contribution in [0.25, 0.3) is 0 Å². The van der Waals surface area contributed by atoms with Gasteiger partial charge in [0.1, 0.15) is 48.3 Å². The van der Waals surface area contributed by atoms with Gasteiger partial charge in [-0.15, -0.1) is 0 Å². The number of aliphatic carboxylic acids is 1. The van der Waals surface area contributed by atoms with Crippen molar-refractivity contribution in [2.24, 2.45) is 45.1 Å². The third-order valence-corrected chi connectivity index (χ3v) is 12.4. The number of guanidine groups is 1. The van der Waals surface area contributed by atoms with E-state index in [0.717, 1.165) is 6.92 Å². The van der Waals surface area contributed by atoms with Crippen LogP contribution in [0.3, 0.4) is 0 Å². The maximum atomic E-state index is 14.1. The fourth-order valence-electron chi connectivity index (χ4n) is 7.28. The number of aliphatic hydroxyl groups excluding tert-OH is 1. The van der Waals surface area contributed by atoms with E-state index in [4.69, 9.17) is 40.1 Å². The number of benzene rings is 1. The van der Waals surface area contributed by atoms with E-state index >= 15 is 0 Å². The average molecular weight is 1140 g/mol. The van der Waals surface area contributed by atoms with Crippen molar-refractivity contribution in [3.05, 3.63) is 35.9 Å². The van der Waals surface area contributed by atoms with Crippen LogP contribution in [0.15, 0.2) is 35.3 Å². The van der Waals surface area contributed by atoms with Gasteiger partial charge >= 0.3 is 5.97 Å². The Labute approximate surface area is 463 Å². The summed E-state index contributed by atoms with van der Waals surface area (Å²) in [6, 6.07) is -4.59. The normalized spacial score (nSPS) is 14.8. The van der Waals surface area contributed by atoms with Crippen molar-refractivity contribution in [2.45, 2.75) is 151 Å². The van der Waals surface area contributed by atoms with Crippen LogP contribution in [0.5, 0.6) is 0 Å². The molecule has 10 atom stereocenters. The highest BCUT2D eigenvalue weighted by Crippen LogP contribution is 2.11. The van der Waals surface area contributed by atoms with Gasteiger partial charge in [-0.1, -0.05) is 30.3 Å². The number of nitrogens with zero attached hydrogens (tertiary/aromatic N) is 1. The first-order valence-corrected chi connectivity index (χ1v) is 26.5. The Bertz CT molecular complexity index is 2180. The van der Waals surface area contributed by atoms with Gasteiger partial charge in [-0.3, -0.25) is 52.9 Å². The number of unbranched alkanes of at least 4 members (excludes halogenated alkanes) is 2. The molecular weight excluding hydrogens is 1060 g/mol. The minimum absolute atomic E-state index is 0.0110. The number of carboxylic acids is 1. The number of thiol groups is 2. The molecule has 0 saturated heterocycles. The number of carboxylic acid groups (broad SMARTS) is 1. The van der Waals surface area contributed by atoms with Gasteiger partial charge in [0.25, 0.3) is 0 Å². The molecule has 1 aromatic carbocycles. The SMILES string of the molecule is C[C@@H](O)[C@H](NC(=O)[C@H](CCCCN)NC(=O)[C@H](CS)NC(=O)[C@@H](N)CCC(N)=O)C(=O)N[C@@H](CS)C(=O)N[C@@H](CCC(N)=O)C(=O)N[C@@H](CCCN=C(N)N)C(=O)N[C@@H](CCCCN)C(=O)N[C@@H](Cc1ccccc1)C(=O)O. The third-order valence-electron chi connectivity index (χ3n) is 11.7. The van der Waals surface area contributed by atoms with Crippen molar-refractivity contribution in [3.63, 3.8) is 0 Å². The van der Waals surface area contributed by atoms with E-state index in [9.17, 15) is 63.0 Å². The van der Waals surface area contributed by atoms with Gasteiger partial charge in [0, 0.05) is 37.3 Å². The highest BCUT2D eigenvalue weighted by molar-refractivity contribution is 7.80. The van der Waals surface area contributed by atoms with E-state index in [1.807, 2.05) is 0 Å². The fourth-order valence-corrected chi connectivity index (χ4v) is 7.79. The van der Waals surface area contributed by atoms with E-state index < -0.39 is 144 Å². The number of hydrogen-bond acceptors (Lipinski definition) is 18. The van der Waals surface area contributed by atoms with Gasteiger partial charge in [0.2, 0.25) is 59.1 Å². The number of carbonyl (C=O) groups excluding carboxylic acids is 10. The number of amides is 10. The van der Waals surface area contributed by atoms with Crippen molar-refractivity contribution >= 4 is 96.3 Å². The van der Waals surface area contributed by atoms with E-state index in [0.29, 0.717) is 31.2 Å². The number of nitrogens with one attached hydrogen (secondary N) is 8. The second-order valence-electron chi connectivity index (χ2n) is 18.2. The van der Waals surface area contributed by atoms with Crippen molar-refractivity contribution in [1.29, 1.82) is 0 Å². The molecular formula is C47H80N16O13S2. The molecule has 1 rings (SSSR count). The lowest BCUT2D eigenvalue weighted by atomic mass is 10.0. The van der Waals surface area contributed by atoms with Crippen molar-refractivity contribution in [2.75, 3.05) is 31.1 Å². The van der Waals surface area contributed by atoms with Crippen LogP contribution >= 0.6 is 25.3 Å². The Morgan fingerprint density at radius 3 is 1.31 bits per heavy atom. The quantitative estimate of drug-likeness (QED) is 0.0126. The summed E-state index contributed by atoms with van der Waals surface area (Å²) in [6.07, 6.45) is -1.57. The second kappa shape index (κ2) is 37.9. The van der Waals surface area contributed by atoms with Crippen LogP contribution in [0.1, 0.15) is 89.5 Å². The zero-order valence-corrected chi connectivity index (χ0v) is 45.4. The summed E-state index contributed by atoms with van der Waals surface area (Å²) in [7, 11) is 0. The Morgan fingerprint density at radius 2 is 0.897 bits per heavy atom. The molecule has 31 heteroatoms. The summed E-state index contributed by atoms with van der Waals surface area (Å²) in [4.78, 5) is 149. The summed E-state index contributed by atoms with van der Waals surface area (Å²) in [5.74, 6) is -11.5. The average Bonchev–Trinajstić information content (AvgIpc) is 3.39. The number of nitrogens with two attached hydrogens (primary N) is 7. The third kappa shape index (κ3) is 27.5. The molecule has 0 radical (unpaired) electrons. The number of rotatable bonds is 40. The molecule has 10 amide bonds. The first-order valence-electron chi connectivity index (χ1n) is 25.3. The second-order valence-corrected chi connectivity index (χ2v) is 18.9. The Balaban J connectivity index is 3.42. The molecule has 0 unspecified atom stereocenters. The highest BCUT2D eigenvalue weighted by atomic mass is 32.1. The van der Waals surface area contributed by atoms with Gasteiger partial charge in [0.05, 0.1) is 12.1 Å². The van der Waals surface area contributed by atoms with Gasteiger partial charge < -0.3 is 92.9 Å². The monoisotopic (exact) mass is 1140 g/mol. The number of aliphatic hydroxyl groups is 1. The van der Waals surface area contributed by atoms with Crippen LogP contribution in [-0.4, -0.2) is 173 Å². The lowest BCUT2D eigenvalue weighted by Gasteiger charge is -2.28.